The maximum Gasteiger partial charge on any atom is 0.238 e. The number of anilines is 1. The summed E-state index contributed by atoms with van der Waals surface area (Å²) in [6, 6.07) is 12.8. The number of hydrogen-bond donors (Lipinski definition) is 1. The van der Waals surface area contributed by atoms with Crippen molar-refractivity contribution in [2.75, 3.05) is 18.4 Å². The van der Waals surface area contributed by atoms with Gasteiger partial charge < -0.3 is 9.88 Å². The van der Waals surface area contributed by atoms with Crippen molar-refractivity contribution in [1.29, 1.82) is 0 Å². The van der Waals surface area contributed by atoms with Crippen LogP contribution in [0.5, 0.6) is 0 Å². The van der Waals surface area contributed by atoms with E-state index in [9.17, 15) is 4.79 Å². The van der Waals surface area contributed by atoms with Crippen LogP contribution in [-0.2, 0) is 11.8 Å². The first-order valence-corrected chi connectivity index (χ1v) is 10.2. The highest BCUT2D eigenvalue weighted by Crippen LogP contribution is 2.31. The minimum absolute atomic E-state index is 0.0146. The van der Waals surface area contributed by atoms with Crippen molar-refractivity contribution in [2.45, 2.75) is 39.7 Å². The van der Waals surface area contributed by atoms with Crippen molar-refractivity contribution >= 4 is 11.6 Å². The number of benzene rings is 1. The summed E-state index contributed by atoms with van der Waals surface area (Å²) in [5.74, 6) is 0.0146. The second kappa shape index (κ2) is 7.87. The van der Waals surface area contributed by atoms with Gasteiger partial charge in [-0.05, 0) is 64.4 Å². The van der Waals surface area contributed by atoms with Gasteiger partial charge in [-0.3, -0.25) is 9.69 Å². The van der Waals surface area contributed by atoms with Crippen LogP contribution in [0.3, 0.4) is 0 Å². The number of amides is 1. The molecule has 3 aromatic rings. The highest BCUT2D eigenvalue weighted by Gasteiger charge is 2.29. The second-order valence-corrected chi connectivity index (χ2v) is 8.01. The minimum atomic E-state index is 0.0146. The molecule has 6 nitrogen and oxygen atoms in total. The average molecular weight is 392 g/mol. The lowest BCUT2D eigenvalue weighted by Gasteiger charge is -2.24. The Balaban J connectivity index is 1.49. The predicted molar refractivity (Wildman–Crippen MR) is 115 cm³/mol. The zero-order valence-electron chi connectivity index (χ0n) is 17.6. The maximum absolute atomic E-state index is 12.9. The summed E-state index contributed by atoms with van der Waals surface area (Å²) in [7, 11) is 2.07. The smallest absolute Gasteiger partial charge is 0.238 e. The SMILES string of the molecule is Cc1ccc(-n2nc(C)c(NC(=O)CN3CCCC3c3cccn3C)c2C)cc1. The normalized spacial score (nSPS) is 17.0. The van der Waals surface area contributed by atoms with E-state index in [4.69, 9.17) is 0 Å². The molecule has 0 radical (unpaired) electrons. The van der Waals surface area contributed by atoms with Crippen LogP contribution < -0.4 is 5.32 Å². The van der Waals surface area contributed by atoms with Crippen LogP contribution in [0, 0.1) is 20.8 Å². The third-order valence-corrected chi connectivity index (χ3v) is 5.87. The second-order valence-electron chi connectivity index (χ2n) is 8.01. The van der Waals surface area contributed by atoms with Crippen LogP contribution in [0.1, 0.15) is 41.5 Å². The van der Waals surface area contributed by atoms with E-state index in [0.29, 0.717) is 12.6 Å². The number of nitrogens with zero attached hydrogens (tertiary/aromatic N) is 4. The van der Waals surface area contributed by atoms with Gasteiger partial charge in [-0.1, -0.05) is 17.7 Å². The van der Waals surface area contributed by atoms with Gasteiger partial charge in [0.1, 0.15) is 0 Å². The molecule has 1 aromatic carbocycles. The van der Waals surface area contributed by atoms with E-state index < -0.39 is 0 Å². The minimum Gasteiger partial charge on any atom is -0.353 e. The molecule has 1 saturated heterocycles. The fraction of sp³-hybridized carbons (Fsp3) is 0.391. The lowest BCUT2D eigenvalue weighted by atomic mass is 10.1. The van der Waals surface area contributed by atoms with Crippen LogP contribution >= 0.6 is 0 Å². The Morgan fingerprint density at radius 1 is 1.17 bits per heavy atom. The van der Waals surface area contributed by atoms with Crippen molar-refractivity contribution in [1.82, 2.24) is 19.2 Å². The Bertz CT molecular complexity index is 1010. The molecule has 1 aliphatic heterocycles. The van der Waals surface area contributed by atoms with Crippen molar-refractivity contribution in [3.63, 3.8) is 0 Å². The van der Waals surface area contributed by atoms with Gasteiger partial charge in [0, 0.05) is 18.9 Å². The zero-order valence-corrected chi connectivity index (χ0v) is 17.6. The van der Waals surface area contributed by atoms with Crippen LogP contribution in [0.2, 0.25) is 0 Å². The molecule has 3 heterocycles. The van der Waals surface area contributed by atoms with Crippen LogP contribution in [0.25, 0.3) is 5.69 Å². The van der Waals surface area contributed by atoms with Gasteiger partial charge in [0.25, 0.3) is 0 Å². The molecular weight excluding hydrogens is 362 g/mol. The Morgan fingerprint density at radius 3 is 2.62 bits per heavy atom. The first-order chi connectivity index (χ1) is 13.9. The third-order valence-electron chi connectivity index (χ3n) is 5.87. The average Bonchev–Trinajstić information content (AvgIpc) is 3.38. The molecule has 0 bridgehead atoms. The van der Waals surface area contributed by atoms with E-state index in [0.717, 1.165) is 42.1 Å². The molecule has 2 aromatic heterocycles. The standard InChI is InChI=1S/C23H29N5O/c1-16-9-11-19(12-10-16)28-18(3)23(17(2)25-28)24-22(29)15-27-14-6-8-21(27)20-7-5-13-26(20)4/h5,7,9-13,21H,6,8,14-15H2,1-4H3,(H,24,29). The monoisotopic (exact) mass is 391 g/mol. The highest BCUT2D eigenvalue weighted by molar-refractivity contribution is 5.93. The summed E-state index contributed by atoms with van der Waals surface area (Å²) in [5.41, 5.74) is 6.07. The Labute approximate surface area is 172 Å². The molecule has 1 N–H and O–H groups in total. The largest absolute Gasteiger partial charge is 0.353 e. The molecular formula is C23H29N5O. The van der Waals surface area contributed by atoms with Gasteiger partial charge in [-0.25, -0.2) is 4.68 Å². The summed E-state index contributed by atoms with van der Waals surface area (Å²) in [6.07, 6.45) is 4.28. The first-order valence-electron chi connectivity index (χ1n) is 10.2. The maximum atomic E-state index is 12.9. The summed E-state index contributed by atoms with van der Waals surface area (Å²) < 4.78 is 4.05. The molecule has 6 heteroatoms. The van der Waals surface area contributed by atoms with Gasteiger partial charge in [0.2, 0.25) is 5.91 Å². The van der Waals surface area contributed by atoms with E-state index in [1.807, 2.05) is 18.5 Å². The van der Waals surface area contributed by atoms with Crippen molar-refractivity contribution in [2.24, 2.45) is 7.05 Å². The number of carbonyl (C=O) groups excluding carboxylic acids is 1. The fourth-order valence-electron chi connectivity index (χ4n) is 4.30. The molecule has 0 saturated carbocycles. The van der Waals surface area contributed by atoms with Crippen molar-refractivity contribution in [3.05, 3.63) is 65.2 Å². The first kappa shape index (κ1) is 19.5. The van der Waals surface area contributed by atoms with Crippen LogP contribution in [-0.4, -0.2) is 38.2 Å². The number of carbonyl (C=O) groups is 1. The molecule has 1 atom stereocenters. The molecule has 0 spiro atoms. The number of likely N-dealkylation sites (tertiary alicyclic amines) is 1. The molecule has 1 unspecified atom stereocenters. The van der Waals surface area contributed by atoms with Gasteiger partial charge in [-0.15, -0.1) is 0 Å². The number of rotatable bonds is 5. The topological polar surface area (TPSA) is 55.1 Å². The van der Waals surface area contributed by atoms with Crippen LogP contribution in [0.15, 0.2) is 42.6 Å². The zero-order chi connectivity index (χ0) is 20.5. The summed E-state index contributed by atoms with van der Waals surface area (Å²) in [4.78, 5) is 15.1. The Hall–Kier alpha value is -2.86. The van der Waals surface area contributed by atoms with E-state index in [2.05, 4.69) is 76.4 Å². The predicted octanol–water partition coefficient (Wildman–Crippen LogP) is 3.91. The lowest BCUT2D eigenvalue weighted by Crippen LogP contribution is -2.33. The fourth-order valence-corrected chi connectivity index (χ4v) is 4.30. The lowest BCUT2D eigenvalue weighted by molar-refractivity contribution is -0.117. The number of nitrogens with one attached hydrogen (secondary N) is 1. The van der Waals surface area contributed by atoms with E-state index in [1.54, 1.807) is 0 Å². The third kappa shape index (κ3) is 3.85. The van der Waals surface area contributed by atoms with Gasteiger partial charge in [-0.2, -0.15) is 5.10 Å². The number of hydrogen-bond acceptors (Lipinski definition) is 3. The number of aryl methyl sites for hydroxylation is 3. The molecule has 152 valence electrons. The summed E-state index contributed by atoms with van der Waals surface area (Å²) >= 11 is 0. The van der Waals surface area contributed by atoms with Gasteiger partial charge in [0.05, 0.1) is 35.3 Å². The van der Waals surface area contributed by atoms with E-state index in [-0.39, 0.29) is 5.91 Å². The van der Waals surface area contributed by atoms with Crippen molar-refractivity contribution in [3.8, 4) is 5.69 Å². The molecule has 0 aliphatic carbocycles. The molecule has 1 aliphatic rings. The Kier molecular flexibility index (Phi) is 5.28. The molecule has 29 heavy (non-hydrogen) atoms. The summed E-state index contributed by atoms with van der Waals surface area (Å²) in [5, 5.41) is 7.76. The van der Waals surface area contributed by atoms with Gasteiger partial charge >= 0.3 is 0 Å². The van der Waals surface area contributed by atoms with Gasteiger partial charge in [0.15, 0.2) is 0 Å². The Morgan fingerprint density at radius 2 is 1.93 bits per heavy atom. The van der Waals surface area contributed by atoms with E-state index in [1.165, 1.54) is 11.3 Å². The van der Waals surface area contributed by atoms with Crippen molar-refractivity contribution < 1.29 is 4.79 Å². The number of aromatic nitrogens is 3. The summed E-state index contributed by atoms with van der Waals surface area (Å²) in [6.45, 7) is 7.35. The highest BCUT2D eigenvalue weighted by atomic mass is 16.2. The molecule has 4 rings (SSSR count). The van der Waals surface area contributed by atoms with Crippen LogP contribution in [0.4, 0.5) is 5.69 Å². The quantitative estimate of drug-likeness (QED) is 0.717. The molecule has 1 amide bonds. The van der Waals surface area contributed by atoms with E-state index >= 15 is 0 Å². The molecule has 1 fully saturated rings.